The minimum atomic E-state index is -0.366. The van der Waals surface area contributed by atoms with Crippen molar-refractivity contribution >= 4 is 17.5 Å². The number of ketones is 1. The van der Waals surface area contributed by atoms with Gasteiger partial charge in [-0.05, 0) is 19.1 Å². The van der Waals surface area contributed by atoms with Crippen LogP contribution in [-0.2, 0) is 4.79 Å². The van der Waals surface area contributed by atoms with Crippen LogP contribution in [0.25, 0.3) is 0 Å². The molecule has 0 saturated heterocycles. The lowest BCUT2D eigenvalue weighted by Gasteiger charge is -2.10. The molecule has 1 unspecified atom stereocenters. The van der Waals surface area contributed by atoms with Crippen molar-refractivity contribution in [2.45, 2.75) is 6.92 Å². The molecule has 1 aliphatic heterocycles. The molecule has 0 aromatic heterocycles. The number of urea groups is 1. The summed E-state index contributed by atoms with van der Waals surface area (Å²) in [5.41, 5.74) is 1.26. The van der Waals surface area contributed by atoms with Crippen molar-refractivity contribution < 1.29 is 9.59 Å². The van der Waals surface area contributed by atoms with Crippen LogP contribution >= 0.6 is 0 Å². The molecule has 0 fully saturated rings. The average molecular weight is 176 g/mol. The molecule has 4 heteroatoms. The van der Waals surface area contributed by atoms with Gasteiger partial charge in [0.2, 0.25) is 0 Å². The van der Waals surface area contributed by atoms with Crippen LogP contribution in [-0.4, -0.2) is 17.5 Å². The fourth-order valence-electron chi connectivity index (χ4n) is 1.31. The molecule has 66 valence electrons. The Morgan fingerprint density at radius 3 is 3.08 bits per heavy atom. The number of carbonyl (C=O) groups is 2. The fraction of sp³-hybridized carbons (Fsp3) is 0.222. The highest BCUT2D eigenvalue weighted by molar-refractivity contribution is 6.19. The molecule has 0 aromatic rings. The molecule has 1 atom stereocenters. The van der Waals surface area contributed by atoms with Crippen molar-refractivity contribution in [1.29, 1.82) is 0 Å². The van der Waals surface area contributed by atoms with Gasteiger partial charge in [0, 0.05) is 0 Å². The van der Waals surface area contributed by atoms with Gasteiger partial charge in [0.15, 0.2) is 0 Å². The normalized spacial score (nSPS) is 24.7. The molecule has 0 spiro atoms. The Labute approximate surface area is 75.0 Å². The third-order valence-corrected chi connectivity index (χ3v) is 2.02. The molecule has 0 radical (unpaired) electrons. The van der Waals surface area contributed by atoms with E-state index >= 15 is 0 Å². The highest BCUT2D eigenvalue weighted by Crippen LogP contribution is 2.17. The van der Waals surface area contributed by atoms with E-state index in [1.54, 1.807) is 18.2 Å². The molecular weight excluding hydrogens is 168 g/mol. The van der Waals surface area contributed by atoms with Crippen LogP contribution in [0.15, 0.2) is 28.9 Å². The van der Waals surface area contributed by atoms with Crippen molar-refractivity contribution in [3.8, 4) is 0 Å². The number of aliphatic imine (C=N–C) groups is 1. The molecule has 2 rings (SSSR count). The molecule has 13 heavy (non-hydrogen) atoms. The monoisotopic (exact) mass is 176 g/mol. The zero-order valence-corrected chi connectivity index (χ0v) is 7.07. The topological polar surface area (TPSA) is 58.5 Å². The number of allylic oxidation sites excluding steroid dienone is 3. The molecule has 1 aliphatic carbocycles. The van der Waals surface area contributed by atoms with Crippen molar-refractivity contribution in [2.75, 3.05) is 0 Å². The first-order valence-electron chi connectivity index (χ1n) is 3.97. The predicted molar refractivity (Wildman–Crippen MR) is 47.4 cm³/mol. The van der Waals surface area contributed by atoms with Gasteiger partial charge in [-0.2, -0.15) is 4.99 Å². The molecule has 0 saturated carbocycles. The Balaban J connectivity index is 2.32. The molecule has 1 N–H and O–H groups in total. The number of nitrogens with zero attached hydrogens (tertiary/aromatic N) is 1. The zero-order valence-electron chi connectivity index (χ0n) is 7.07. The predicted octanol–water partition coefficient (Wildman–Crippen LogP) is 0.809. The second-order valence-corrected chi connectivity index (χ2v) is 3.00. The minimum absolute atomic E-state index is 0.0592. The van der Waals surface area contributed by atoms with Crippen LogP contribution in [0.3, 0.4) is 0 Å². The second kappa shape index (κ2) is 2.65. The van der Waals surface area contributed by atoms with Gasteiger partial charge in [-0.1, -0.05) is 6.08 Å². The van der Waals surface area contributed by atoms with Crippen LogP contribution in [0, 0.1) is 5.92 Å². The summed E-state index contributed by atoms with van der Waals surface area (Å²) in [6.07, 6.45) is 5.15. The number of hydrogen-bond acceptors (Lipinski definition) is 2. The second-order valence-electron chi connectivity index (χ2n) is 3.00. The lowest BCUT2D eigenvalue weighted by molar-refractivity contribution is -0.118. The van der Waals surface area contributed by atoms with Gasteiger partial charge in [0.25, 0.3) is 0 Å². The highest BCUT2D eigenvalue weighted by Gasteiger charge is 2.23. The third kappa shape index (κ3) is 1.30. The van der Waals surface area contributed by atoms with Crippen LogP contribution in [0.4, 0.5) is 4.79 Å². The average Bonchev–Trinajstić information content (AvgIpc) is 2.42. The number of carbonyl (C=O) groups excluding carboxylic acids is 2. The lowest BCUT2D eigenvalue weighted by atomic mass is 9.97. The Kier molecular flexibility index (Phi) is 1.62. The first-order valence-corrected chi connectivity index (χ1v) is 3.97. The maximum Gasteiger partial charge on any atom is 0.346 e. The van der Waals surface area contributed by atoms with E-state index in [2.05, 4.69) is 10.3 Å². The van der Waals surface area contributed by atoms with E-state index in [0.29, 0.717) is 11.4 Å². The molecule has 2 amide bonds. The number of nitrogens with one attached hydrogen (secondary N) is 1. The summed E-state index contributed by atoms with van der Waals surface area (Å²) < 4.78 is 0. The summed E-state index contributed by atoms with van der Waals surface area (Å²) >= 11 is 0. The van der Waals surface area contributed by atoms with Gasteiger partial charge >= 0.3 is 6.03 Å². The summed E-state index contributed by atoms with van der Waals surface area (Å²) in [7, 11) is 0. The van der Waals surface area contributed by atoms with Crippen LogP contribution in [0.2, 0.25) is 0 Å². The zero-order chi connectivity index (χ0) is 9.42. The SMILES string of the molecule is CC(=O)C1C=CC2=NC(=O)NC2=C1. The summed E-state index contributed by atoms with van der Waals surface area (Å²) in [6, 6.07) is -0.366. The third-order valence-electron chi connectivity index (χ3n) is 2.02. The van der Waals surface area contributed by atoms with E-state index < -0.39 is 0 Å². The standard InChI is InChI=1S/C9H8N2O2/c1-5(12)6-2-3-7-8(4-6)11-9(13)10-7/h2-4,6H,1H3,(H,11,13). The quantitative estimate of drug-likeness (QED) is 0.642. The number of fused-ring (bicyclic) bond motifs is 1. The Hall–Kier alpha value is -1.71. The fourth-order valence-corrected chi connectivity index (χ4v) is 1.31. The van der Waals surface area contributed by atoms with E-state index in [0.717, 1.165) is 0 Å². The van der Waals surface area contributed by atoms with Crippen molar-refractivity contribution in [3.05, 3.63) is 23.9 Å². The van der Waals surface area contributed by atoms with Crippen molar-refractivity contribution in [1.82, 2.24) is 5.32 Å². The van der Waals surface area contributed by atoms with E-state index in [-0.39, 0.29) is 17.7 Å². The number of hydrogen-bond donors (Lipinski definition) is 1. The van der Waals surface area contributed by atoms with E-state index in [1.807, 2.05) is 0 Å². The van der Waals surface area contributed by atoms with Crippen molar-refractivity contribution in [3.63, 3.8) is 0 Å². The molecule has 0 aromatic carbocycles. The Bertz CT molecular complexity index is 377. The number of Topliss-reactive ketones (excluding diaryl/α,β-unsaturated/α-hetero) is 1. The lowest BCUT2D eigenvalue weighted by Crippen LogP contribution is -2.19. The van der Waals surface area contributed by atoms with E-state index in [1.165, 1.54) is 6.92 Å². The van der Waals surface area contributed by atoms with Crippen LogP contribution < -0.4 is 5.32 Å². The Morgan fingerprint density at radius 1 is 1.62 bits per heavy atom. The number of rotatable bonds is 1. The first kappa shape index (κ1) is 7.91. The summed E-state index contributed by atoms with van der Waals surface area (Å²) in [6.45, 7) is 1.52. The van der Waals surface area contributed by atoms with Gasteiger partial charge in [0.05, 0.1) is 17.3 Å². The summed E-state index contributed by atoms with van der Waals surface area (Å²) in [5.74, 6) is -0.170. The maximum atomic E-state index is 11.0. The molecule has 4 nitrogen and oxygen atoms in total. The molecule has 2 aliphatic rings. The minimum Gasteiger partial charge on any atom is -0.304 e. The smallest absolute Gasteiger partial charge is 0.304 e. The largest absolute Gasteiger partial charge is 0.346 e. The summed E-state index contributed by atoms with van der Waals surface area (Å²) in [4.78, 5) is 25.6. The van der Waals surface area contributed by atoms with Crippen LogP contribution in [0.5, 0.6) is 0 Å². The Morgan fingerprint density at radius 2 is 2.38 bits per heavy atom. The van der Waals surface area contributed by atoms with Gasteiger partial charge in [-0.25, -0.2) is 4.79 Å². The molecular formula is C9H8N2O2. The van der Waals surface area contributed by atoms with Gasteiger partial charge < -0.3 is 5.32 Å². The molecule has 0 bridgehead atoms. The van der Waals surface area contributed by atoms with Gasteiger partial charge in [-0.3, -0.25) is 4.79 Å². The van der Waals surface area contributed by atoms with Crippen LogP contribution in [0.1, 0.15) is 6.92 Å². The summed E-state index contributed by atoms with van der Waals surface area (Å²) in [5, 5.41) is 2.56. The van der Waals surface area contributed by atoms with Gasteiger partial charge in [0.1, 0.15) is 5.78 Å². The van der Waals surface area contributed by atoms with Gasteiger partial charge in [-0.15, -0.1) is 0 Å². The van der Waals surface area contributed by atoms with E-state index in [9.17, 15) is 9.59 Å². The first-order chi connectivity index (χ1) is 6.16. The van der Waals surface area contributed by atoms with Crippen molar-refractivity contribution in [2.24, 2.45) is 10.9 Å². The maximum absolute atomic E-state index is 11.0. The molecule has 1 heterocycles. The van der Waals surface area contributed by atoms with E-state index in [4.69, 9.17) is 0 Å². The highest BCUT2D eigenvalue weighted by atomic mass is 16.2. The number of amides is 2.